The van der Waals surface area contributed by atoms with E-state index >= 15 is 0 Å². The molecule has 0 unspecified atom stereocenters. The van der Waals surface area contributed by atoms with Crippen molar-refractivity contribution in [2.75, 3.05) is 20.3 Å². The van der Waals surface area contributed by atoms with Crippen LogP contribution in [0.1, 0.15) is 40.5 Å². The molecule has 0 saturated heterocycles. The summed E-state index contributed by atoms with van der Waals surface area (Å²) in [5.41, 5.74) is 0. The molecule has 0 aromatic rings. The highest BCUT2D eigenvalue weighted by Gasteiger charge is 2.31. The lowest BCUT2D eigenvalue weighted by Gasteiger charge is -2.32. The van der Waals surface area contributed by atoms with E-state index in [1.807, 2.05) is 13.8 Å². The van der Waals surface area contributed by atoms with E-state index in [1.54, 1.807) is 14.0 Å². The maximum Gasteiger partial charge on any atom is 0.0846 e. The topological polar surface area (TPSA) is 58.9 Å². The molecule has 0 saturated carbocycles. The minimum absolute atomic E-state index is 0.115. The standard InChI is InChI=1S/C14H30O4/c1-6-7-8-18-9-10(2)14(17-5)11(3)13(16)12(4)15/h10-16H,6-9H2,1-5H3/t10-,11+,12+,13-,14-/m1/s1. The molecule has 0 aliphatic rings. The molecule has 0 aromatic heterocycles. The van der Waals surface area contributed by atoms with E-state index in [4.69, 9.17) is 9.47 Å². The summed E-state index contributed by atoms with van der Waals surface area (Å²) >= 11 is 0. The summed E-state index contributed by atoms with van der Waals surface area (Å²) in [6, 6.07) is 0. The van der Waals surface area contributed by atoms with Crippen LogP contribution in [0.2, 0.25) is 0 Å². The van der Waals surface area contributed by atoms with Gasteiger partial charge >= 0.3 is 0 Å². The molecule has 2 N–H and O–H groups in total. The van der Waals surface area contributed by atoms with Crippen LogP contribution < -0.4 is 0 Å². The second-order valence-corrected chi connectivity index (χ2v) is 5.20. The quantitative estimate of drug-likeness (QED) is 0.590. The van der Waals surface area contributed by atoms with Gasteiger partial charge in [0, 0.05) is 25.6 Å². The van der Waals surface area contributed by atoms with Crippen LogP contribution in [0.5, 0.6) is 0 Å². The number of hydrogen-bond donors (Lipinski definition) is 2. The number of unbranched alkanes of at least 4 members (excludes halogenated alkanes) is 1. The van der Waals surface area contributed by atoms with Crippen LogP contribution in [0.15, 0.2) is 0 Å². The van der Waals surface area contributed by atoms with Gasteiger partial charge in [0.25, 0.3) is 0 Å². The maximum absolute atomic E-state index is 9.88. The van der Waals surface area contributed by atoms with Crippen LogP contribution in [-0.4, -0.2) is 48.8 Å². The van der Waals surface area contributed by atoms with E-state index < -0.39 is 12.2 Å². The Kier molecular flexibility index (Phi) is 9.64. The van der Waals surface area contributed by atoms with Gasteiger partial charge in [0.2, 0.25) is 0 Å². The van der Waals surface area contributed by atoms with Crippen molar-refractivity contribution in [3.05, 3.63) is 0 Å². The van der Waals surface area contributed by atoms with Gasteiger partial charge in [-0.25, -0.2) is 0 Å². The minimum atomic E-state index is -0.770. The number of ether oxygens (including phenoxy) is 2. The fourth-order valence-electron chi connectivity index (χ4n) is 2.21. The Hall–Kier alpha value is -0.160. The monoisotopic (exact) mass is 262 g/mol. The molecule has 0 heterocycles. The third-order valence-corrected chi connectivity index (χ3v) is 3.41. The first-order valence-corrected chi connectivity index (χ1v) is 6.92. The van der Waals surface area contributed by atoms with Crippen molar-refractivity contribution in [1.82, 2.24) is 0 Å². The van der Waals surface area contributed by atoms with E-state index in [0.29, 0.717) is 6.61 Å². The van der Waals surface area contributed by atoms with Gasteiger partial charge in [0.1, 0.15) is 0 Å². The number of aliphatic hydroxyl groups is 2. The summed E-state index contributed by atoms with van der Waals surface area (Å²) in [5.74, 6) is 0.0648. The molecule has 0 rings (SSSR count). The van der Waals surface area contributed by atoms with Crippen molar-refractivity contribution in [1.29, 1.82) is 0 Å². The summed E-state index contributed by atoms with van der Waals surface area (Å²) in [6.07, 6.45) is 0.560. The predicted molar refractivity (Wildman–Crippen MR) is 72.5 cm³/mol. The van der Waals surface area contributed by atoms with E-state index in [9.17, 15) is 10.2 Å². The van der Waals surface area contributed by atoms with Gasteiger partial charge in [0.15, 0.2) is 0 Å². The van der Waals surface area contributed by atoms with E-state index in [0.717, 1.165) is 19.4 Å². The van der Waals surface area contributed by atoms with Gasteiger partial charge in [0.05, 0.1) is 24.9 Å². The molecule has 0 spiro atoms. The van der Waals surface area contributed by atoms with Gasteiger partial charge in [-0.1, -0.05) is 27.2 Å². The van der Waals surface area contributed by atoms with Crippen molar-refractivity contribution in [2.45, 2.75) is 58.8 Å². The molecule has 0 fully saturated rings. The smallest absolute Gasteiger partial charge is 0.0846 e. The molecule has 4 heteroatoms. The Morgan fingerprint density at radius 1 is 1.11 bits per heavy atom. The molecule has 5 atom stereocenters. The third-order valence-electron chi connectivity index (χ3n) is 3.41. The average Bonchev–Trinajstić information content (AvgIpc) is 2.34. The fourth-order valence-corrected chi connectivity index (χ4v) is 2.21. The zero-order valence-corrected chi connectivity index (χ0v) is 12.4. The molecule has 4 nitrogen and oxygen atoms in total. The summed E-state index contributed by atoms with van der Waals surface area (Å²) in [6.45, 7) is 9.06. The van der Waals surface area contributed by atoms with Gasteiger partial charge in [-0.3, -0.25) is 0 Å². The number of aliphatic hydroxyl groups excluding tert-OH is 2. The first-order valence-electron chi connectivity index (χ1n) is 6.92. The maximum atomic E-state index is 9.88. The minimum Gasteiger partial charge on any atom is -0.391 e. The van der Waals surface area contributed by atoms with Crippen LogP contribution in [0.25, 0.3) is 0 Å². The summed E-state index contributed by atoms with van der Waals surface area (Å²) in [5, 5.41) is 19.3. The van der Waals surface area contributed by atoms with Gasteiger partial charge in [-0.15, -0.1) is 0 Å². The van der Waals surface area contributed by atoms with Crippen LogP contribution in [-0.2, 0) is 9.47 Å². The van der Waals surface area contributed by atoms with Crippen LogP contribution in [0.4, 0.5) is 0 Å². The first kappa shape index (κ1) is 17.8. The Balaban J connectivity index is 4.20. The first-order chi connectivity index (χ1) is 8.45. The fraction of sp³-hybridized carbons (Fsp3) is 1.00. The molecule has 0 radical (unpaired) electrons. The van der Waals surface area contributed by atoms with E-state index in [1.165, 1.54) is 0 Å². The second-order valence-electron chi connectivity index (χ2n) is 5.20. The Labute approximate surface area is 111 Å². The zero-order chi connectivity index (χ0) is 14.1. The normalized spacial score (nSPS) is 20.2. The Morgan fingerprint density at radius 3 is 2.17 bits per heavy atom. The Bertz CT molecular complexity index is 196. The zero-order valence-electron chi connectivity index (χ0n) is 12.4. The van der Waals surface area contributed by atoms with Crippen molar-refractivity contribution in [3.63, 3.8) is 0 Å². The lowest BCUT2D eigenvalue weighted by atomic mass is 9.87. The number of hydrogen-bond acceptors (Lipinski definition) is 4. The highest BCUT2D eigenvalue weighted by atomic mass is 16.5. The SMILES string of the molecule is CCCCOC[C@@H](C)[C@@H](OC)[C@@H](C)[C@@H](O)[C@H](C)O. The Morgan fingerprint density at radius 2 is 1.72 bits per heavy atom. The molecule has 0 aliphatic heterocycles. The van der Waals surface area contributed by atoms with Crippen molar-refractivity contribution >= 4 is 0 Å². The molecule has 18 heavy (non-hydrogen) atoms. The lowest BCUT2D eigenvalue weighted by molar-refractivity contribution is -0.0845. The van der Waals surface area contributed by atoms with Crippen LogP contribution in [0.3, 0.4) is 0 Å². The lowest BCUT2D eigenvalue weighted by Crippen LogP contribution is -2.41. The molecule has 0 bridgehead atoms. The molecule has 0 amide bonds. The summed E-state index contributed by atoms with van der Waals surface area (Å²) in [4.78, 5) is 0. The molecular weight excluding hydrogens is 232 g/mol. The van der Waals surface area contributed by atoms with Gasteiger partial charge < -0.3 is 19.7 Å². The largest absolute Gasteiger partial charge is 0.391 e. The number of methoxy groups -OCH3 is 1. The van der Waals surface area contributed by atoms with Crippen LogP contribution in [0, 0.1) is 11.8 Å². The van der Waals surface area contributed by atoms with Crippen molar-refractivity contribution in [2.24, 2.45) is 11.8 Å². The molecule has 0 aliphatic carbocycles. The third kappa shape index (κ3) is 6.14. The summed E-state index contributed by atoms with van der Waals surface area (Å²) in [7, 11) is 1.64. The number of rotatable bonds is 10. The van der Waals surface area contributed by atoms with Crippen molar-refractivity contribution in [3.8, 4) is 0 Å². The molecular formula is C14H30O4. The van der Waals surface area contributed by atoms with E-state index in [-0.39, 0.29) is 17.9 Å². The van der Waals surface area contributed by atoms with Gasteiger partial charge in [-0.2, -0.15) is 0 Å². The molecule has 0 aromatic carbocycles. The van der Waals surface area contributed by atoms with Gasteiger partial charge in [-0.05, 0) is 13.3 Å². The predicted octanol–water partition coefficient (Wildman–Crippen LogP) is 1.83. The van der Waals surface area contributed by atoms with E-state index in [2.05, 4.69) is 6.92 Å². The average molecular weight is 262 g/mol. The van der Waals surface area contributed by atoms with Crippen LogP contribution >= 0.6 is 0 Å². The van der Waals surface area contributed by atoms with Crippen molar-refractivity contribution < 1.29 is 19.7 Å². The highest BCUT2D eigenvalue weighted by Crippen LogP contribution is 2.21. The summed E-state index contributed by atoms with van der Waals surface area (Å²) < 4.78 is 11.0. The molecule has 110 valence electrons. The second kappa shape index (κ2) is 9.73. The highest BCUT2D eigenvalue weighted by molar-refractivity contribution is 4.80.